The van der Waals surface area contributed by atoms with Gasteiger partial charge in [-0.3, -0.25) is 19.6 Å². The first kappa shape index (κ1) is 37.0. The molecule has 15 heteroatoms. The van der Waals surface area contributed by atoms with Crippen molar-refractivity contribution in [1.29, 1.82) is 5.26 Å². The molecule has 0 amide bonds. The largest absolute Gasteiger partial charge is 0.481 e. The Labute approximate surface area is 319 Å². The van der Waals surface area contributed by atoms with Crippen LogP contribution in [0.15, 0.2) is 65.2 Å². The number of oxazole rings is 1. The lowest BCUT2D eigenvalue weighted by molar-refractivity contribution is -0.144. The van der Waals surface area contributed by atoms with Crippen LogP contribution in [0.4, 0.5) is 24.7 Å². The molecule has 2 saturated heterocycles. The molecule has 2 fully saturated rings. The lowest BCUT2D eigenvalue weighted by Gasteiger charge is -2.18. The molecule has 3 aromatic carbocycles. The molecule has 0 aliphatic carbocycles. The number of aliphatic carboxylic acids is 1. The summed E-state index contributed by atoms with van der Waals surface area (Å²) in [5, 5.41) is 32.4. The summed E-state index contributed by atoms with van der Waals surface area (Å²) in [6.07, 6.45) is -2.42. The van der Waals surface area contributed by atoms with E-state index in [1.807, 2.05) is 49.1 Å². The second-order valence-electron chi connectivity index (χ2n) is 14.5. The maximum absolute atomic E-state index is 14.1. The van der Waals surface area contributed by atoms with Crippen molar-refractivity contribution >= 4 is 39.6 Å². The molecule has 0 bridgehead atoms. The van der Waals surface area contributed by atoms with Crippen molar-refractivity contribution in [2.75, 3.05) is 31.5 Å². The third kappa shape index (κ3) is 7.26. The number of anilines is 2. The van der Waals surface area contributed by atoms with E-state index in [4.69, 9.17) is 9.40 Å². The van der Waals surface area contributed by atoms with E-state index in [1.165, 1.54) is 0 Å². The maximum Gasteiger partial charge on any atom is 0.451 e. The summed E-state index contributed by atoms with van der Waals surface area (Å²) in [5.41, 5.74) is 7.42. The van der Waals surface area contributed by atoms with Crippen molar-refractivity contribution in [2.45, 2.75) is 52.1 Å². The van der Waals surface area contributed by atoms with Gasteiger partial charge in [0.15, 0.2) is 11.4 Å². The summed E-state index contributed by atoms with van der Waals surface area (Å²) in [4.78, 5) is 32.5. The van der Waals surface area contributed by atoms with Gasteiger partial charge in [0.25, 0.3) is 0 Å². The lowest BCUT2D eigenvalue weighted by Crippen LogP contribution is -2.22. The number of nitriles is 1. The van der Waals surface area contributed by atoms with Gasteiger partial charge in [0.2, 0.25) is 11.7 Å². The minimum Gasteiger partial charge on any atom is -0.481 e. The first-order valence-electron chi connectivity index (χ1n) is 18.2. The highest BCUT2D eigenvalue weighted by Crippen LogP contribution is 2.38. The van der Waals surface area contributed by atoms with Gasteiger partial charge in [0.05, 0.1) is 23.1 Å². The summed E-state index contributed by atoms with van der Waals surface area (Å²) in [5.74, 6) is -2.26. The number of carboxylic acids is 1. The van der Waals surface area contributed by atoms with Crippen molar-refractivity contribution < 1.29 is 32.6 Å². The van der Waals surface area contributed by atoms with Gasteiger partial charge in [0, 0.05) is 50.2 Å². The molecule has 5 heterocycles. The van der Waals surface area contributed by atoms with Crippen molar-refractivity contribution in [3.05, 3.63) is 94.4 Å². The van der Waals surface area contributed by atoms with Crippen molar-refractivity contribution in [3.8, 4) is 28.7 Å². The van der Waals surface area contributed by atoms with Crippen LogP contribution in [0.3, 0.4) is 0 Å². The molecular weight excluding hydrogens is 725 g/mol. The number of carbonyl (C=O) groups is 1. The van der Waals surface area contributed by atoms with E-state index in [0.29, 0.717) is 91.5 Å². The van der Waals surface area contributed by atoms with Crippen molar-refractivity contribution in [3.63, 3.8) is 0 Å². The molecule has 6 aromatic rings. The topological polar surface area (TPSA) is 165 Å². The minimum atomic E-state index is -4.80. The minimum absolute atomic E-state index is 0.0531. The molecular formula is C41H37F3N8O4. The Bertz CT molecular complexity index is 2550. The first-order chi connectivity index (χ1) is 26.8. The van der Waals surface area contributed by atoms with Crippen LogP contribution in [0.25, 0.3) is 44.7 Å². The number of alkyl halides is 3. The van der Waals surface area contributed by atoms with Gasteiger partial charge in [-0.1, -0.05) is 24.3 Å². The normalized spacial score (nSPS) is 17.9. The number of likely N-dealkylation sites (tertiary alicyclic amines) is 2. The Morgan fingerprint density at radius 3 is 2.34 bits per heavy atom. The molecule has 0 spiro atoms. The Morgan fingerprint density at radius 2 is 1.62 bits per heavy atom. The Hall–Kier alpha value is -5.95. The molecule has 0 radical (unpaired) electrons. The summed E-state index contributed by atoms with van der Waals surface area (Å²) >= 11 is 0. The smallest absolute Gasteiger partial charge is 0.451 e. The Morgan fingerprint density at radius 1 is 0.929 bits per heavy atom. The van der Waals surface area contributed by atoms with E-state index in [-0.39, 0.29) is 16.9 Å². The summed E-state index contributed by atoms with van der Waals surface area (Å²) in [6.45, 7) is 6.96. The van der Waals surface area contributed by atoms with Gasteiger partial charge in [-0.15, -0.1) is 0 Å². The van der Waals surface area contributed by atoms with Gasteiger partial charge in [-0.05, 0) is 96.9 Å². The number of halogens is 3. The van der Waals surface area contributed by atoms with Crippen LogP contribution < -0.4 is 5.32 Å². The van der Waals surface area contributed by atoms with Crippen LogP contribution in [0.5, 0.6) is 0 Å². The molecule has 2 unspecified atom stereocenters. The van der Waals surface area contributed by atoms with E-state index in [2.05, 4.69) is 31.2 Å². The molecule has 12 nitrogen and oxygen atoms in total. The number of pyridine rings is 1. The molecule has 0 saturated carbocycles. The standard InChI is InChI=1S/C41H37F3N8O4/c1-22-29(5-3-7-31(22)38-48-34-14-24(13-27(16-45)36(34)56-38)18-51-11-9-26(20-51)39(54)55)30-6-4-8-32(23(30)2)47-37-35-33(49-40(50-37)41(42,43)44)15-25(17-46-35)19-52-12-10-28(53)21-52/h3-8,13-15,17,26,28,53H,9-12,18-21H2,1-2H3,(H,54,55)(H,47,49,50). The van der Waals surface area contributed by atoms with Gasteiger partial charge in [-0.25, -0.2) is 15.0 Å². The molecule has 56 heavy (non-hydrogen) atoms. The average molecular weight is 763 g/mol. The number of rotatable bonds is 9. The number of nitrogens with one attached hydrogen (secondary N) is 1. The van der Waals surface area contributed by atoms with Gasteiger partial charge < -0.3 is 19.9 Å². The van der Waals surface area contributed by atoms with Crippen LogP contribution >= 0.6 is 0 Å². The number of aliphatic hydroxyl groups excluding tert-OH is 1. The fourth-order valence-corrected chi connectivity index (χ4v) is 7.74. The van der Waals surface area contributed by atoms with E-state index in [0.717, 1.165) is 27.8 Å². The summed E-state index contributed by atoms with van der Waals surface area (Å²) in [7, 11) is 0. The molecule has 3 aromatic heterocycles. The fourth-order valence-electron chi connectivity index (χ4n) is 7.74. The number of hydrogen-bond donors (Lipinski definition) is 3. The third-order valence-electron chi connectivity index (χ3n) is 10.6. The first-order valence-corrected chi connectivity index (χ1v) is 18.2. The zero-order valence-corrected chi connectivity index (χ0v) is 30.6. The number of aliphatic hydroxyl groups is 1. The van der Waals surface area contributed by atoms with Gasteiger partial charge in [0.1, 0.15) is 17.1 Å². The molecule has 2 aliphatic heterocycles. The van der Waals surface area contributed by atoms with Crippen LogP contribution in [0, 0.1) is 31.1 Å². The zero-order valence-electron chi connectivity index (χ0n) is 30.6. The number of carboxylic acid groups (broad SMARTS) is 1. The van der Waals surface area contributed by atoms with E-state index in [9.17, 15) is 33.4 Å². The lowest BCUT2D eigenvalue weighted by atomic mass is 9.93. The highest BCUT2D eigenvalue weighted by Gasteiger charge is 2.36. The predicted molar refractivity (Wildman–Crippen MR) is 202 cm³/mol. The molecule has 2 atom stereocenters. The second-order valence-corrected chi connectivity index (χ2v) is 14.5. The van der Waals surface area contributed by atoms with Crippen molar-refractivity contribution in [2.24, 2.45) is 5.92 Å². The van der Waals surface area contributed by atoms with Crippen LogP contribution in [-0.4, -0.2) is 78.2 Å². The Balaban J connectivity index is 1.11. The zero-order chi connectivity index (χ0) is 39.3. The maximum atomic E-state index is 14.1. The van der Waals surface area contributed by atoms with Crippen molar-refractivity contribution in [1.82, 2.24) is 29.7 Å². The second kappa shape index (κ2) is 14.6. The van der Waals surface area contributed by atoms with Gasteiger partial charge >= 0.3 is 12.1 Å². The number of nitrogens with zero attached hydrogens (tertiary/aromatic N) is 7. The van der Waals surface area contributed by atoms with Crippen LogP contribution in [0.2, 0.25) is 0 Å². The number of aromatic nitrogens is 4. The third-order valence-corrected chi connectivity index (χ3v) is 10.6. The SMILES string of the molecule is Cc1c(Nc2nc(C(F)(F)F)nc3cc(CN4CCC(O)C4)cnc23)cccc1-c1cccc(-c2nc3cc(CN4CCC(C(=O)O)C4)cc(C#N)c3o2)c1C. The number of benzene rings is 3. The van der Waals surface area contributed by atoms with Gasteiger partial charge in [-0.2, -0.15) is 18.4 Å². The monoisotopic (exact) mass is 762 g/mol. The average Bonchev–Trinajstić information content (AvgIpc) is 3.92. The predicted octanol–water partition coefficient (Wildman–Crippen LogP) is 7.22. The molecule has 286 valence electrons. The van der Waals surface area contributed by atoms with Crippen LogP contribution in [0.1, 0.15) is 46.5 Å². The number of fused-ring (bicyclic) bond motifs is 2. The summed E-state index contributed by atoms with van der Waals surface area (Å²) < 4.78 is 48.5. The summed E-state index contributed by atoms with van der Waals surface area (Å²) in [6, 6.07) is 18.6. The molecule has 8 rings (SSSR count). The highest BCUT2D eigenvalue weighted by atomic mass is 19.4. The molecule has 2 aliphatic rings. The highest BCUT2D eigenvalue weighted by molar-refractivity contribution is 5.90. The fraction of sp³-hybridized carbons (Fsp3) is 0.317. The number of hydrogen-bond acceptors (Lipinski definition) is 11. The van der Waals surface area contributed by atoms with E-state index in [1.54, 1.807) is 30.5 Å². The quantitative estimate of drug-likeness (QED) is 0.136. The van der Waals surface area contributed by atoms with Crippen LogP contribution in [-0.2, 0) is 24.1 Å². The number of β-amino-alcohol motifs (C(OH)–C–C–N with tert-alkyl or cyclic N) is 1. The van der Waals surface area contributed by atoms with E-state index >= 15 is 0 Å². The van der Waals surface area contributed by atoms with E-state index < -0.39 is 30.0 Å². The Kier molecular flexibility index (Phi) is 9.65. The molecule has 3 N–H and O–H groups in total.